The second-order valence-corrected chi connectivity index (χ2v) is 5.20. The molecule has 0 aliphatic heterocycles. The first-order chi connectivity index (χ1) is 9.54. The number of aromatic nitrogens is 3. The number of hydrogen-bond donors (Lipinski definition) is 1. The van der Waals surface area contributed by atoms with Crippen molar-refractivity contribution in [3.63, 3.8) is 0 Å². The molecule has 1 aromatic heterocycles. The Labute approximate surface area is 121 Å². The lowest BCUT2D eigenvalue weighted by Crippen LogP contribution is -2.17. The second-order valence-electron chi connectivity index (χ2n) is 4.30. The first-order valence-electron chi connectivity index (χ1n) is 6.00. The number of aryl methyl sites for hydroxylation is 2. The van der Waals surface area contributed by atoms with Gasteiger partial charge in [0.2, 0.25) is 5.95 Å². The minimum atomic E-state index is -0.212. The summed E-state index contributed by atoms with van der Waals surface area (Å²) in [5, 5.41) is 6.65. The van der Waals surface area contributed by atoms with Crippen molar-refractivity contribution in [2.24, 2.45) is 7.05 Å². The highest BCUT2D eigenvalue weighted by atomic mass is 32.2. The van der Waals surface area contributed by atoms with Gasteiger partial charge in [0.25, 0.3) is 5.91 Å². The predicted molar refractivity (Wildman–Crippen MR) is 77.7 cm³/mol. The average molecular weight is 292 g/mol. The number of carbonyl (C=O) groups excluding carboxylic acids is 1. The summed E-state index contributed by atoms with van der Waals surface area (Å²) in [6, 6.07) is 3.70. The lowest BCUT2D eigenvalue weighted by Gasteiger charge is -2.12. The first-order valence-corrected chi connectivity index (χ1v) is 6.75. The van der Waals surface area contributed by atoms with Gasteiger partial charge in [0.15, 0.2) is 0 Å². The number of rotatable bonds is 4. The highest BCUT2D eigenvalue weighted by Gasteiger charge is 2.16. The van der Waals surface area contributed by atoms with Crippen LogP contribution in [0, 0.1) is 13.8 Å². The molecule has 20 heavy (non-hydrogen) atoms. The molecule has 1 N–H and O–H groups in total. The van der Waals surface area contributed by atoms with Crippen LogP contribution in [0.1, 0.15) is 21.5 Å². The Bertz CT molecular complexity index is 639. The summed E-state index contributed by atoms with van der Waals surface area (Å²) in [6.45, 7) is 3.89. The third kappa shape index (κ3) is 2.83. The molecule has 2 rings (SSSR count). The topological polar surface area (TPSA) is 69.0 Å². The van der Waals surface area contributed by atoms with Gasteiger partial charge < -0.3 is 4.18 Å². The van der Waals surface area contributed by atoms with E-state index in [1.54, 1.807) is 20.2 Å². The average Bonchev–Trinajstić information content (AvgIpc) is 2.80. The molecule has 0 atom stereocenters. The molecular formula is C13H16N4O2S. The summed E-state index contributed by atoms with van der Waals surface area (Å²) in [7, 11) is 3.33. The van der Waals surface area contributed by atoms with E-state index in [2.05, 4.69) is 15.4 Å². The minimum absolute atomic E-state index is 0.212. The fourth-order valence-electron chi connectivity index (χ4n) is 1.86. The maximum atomic E-state index is 12.3. The van der Waals surface area contributed by atoms with Gasteiger partial charge in [-0.25, -0.2) is 4.68 Å². The Kier molecular flexibility index (Phi) is 4.41. The number of amides is 1. The van der Waals surface area contributed by atoms with E-state index in [9.17, 15) is 4.79 Å². The molecule has 1 amide bonds. The van der Waals surface area contributed by atoms with E-state index in [1.807, 2.05) is 19.9 Å². The van der Waals surface area contributed by atoms with E-state index in [0.29, 0.717) is 11.5 Å². The highest BCUT2D eigenvalue weighted by molar-refractivity contribution is 7.94. The molecule has 0 unspecified atom stereocenters. The number of nitrogens with zero attached hydrogens (tertiary/aromatic N) is 3. The molecule has 1 aromatic carbocycles. The van der Waals surface area contributed by atoms with Gasteiger partial charge in [-0.1, -0.05) is 6.07 Å². The molecule has 1 heterocycles. The smallest absolute Gasteiger partial charge is 0.258 e. The number of nitrogens with one attached hydrogen (secondary N) is 1. The zero-order valence-corrected chi connectivity index (χ0v) is 12.6. The normalized spacial score (nSPS) is 10.6. The van der Waals surface area contributed by atoms with Gasteiger partial charge in [-0.3, -0.25) is 10.1 Å². The Balaban J connectivity index is 2.31. The standard InChI is InChI=1S/C13H16N4O2S/c1-8-5-6-10(9(2)11(8)20-19-4)12(18)16-13-14-7-15-17(13)3/h5-7H,1-4H3,(H,14,15,16,18). The molecule has 0 bridgehead atoms. The van der Waals surface area contributed by atoms with Gasteiger partial charge in [0.05, 0.1) is 7.11 Å². The largest absolute Gasteiger partial charge is 0.314 e. The maximum Gasteiger partial charge on any atom is 0.258 e. The molecule has 0 aliphatic rings. The van der Waals surface area contributed by atoms with Crippen molar-refractivity contribution in [1.29, 1.82) is 0 Å². The lowest BCUT2D eigenvalue weighted by molar-refractivity contribution is 0.102. The summed E-state index contributed by atoms with van der Waals surface area (Å²) >= 11 is 1.26. The quantitative estimate of drug-likeness (QED) is 0.876. The molecule has 0 saturated carbocycles. The van der Waals surface area contributed by atoms with Crippen molar-refractivity contribution in [2.75, 3.05) is 12.4 Å². The molecule has 0 aliphatic carbocycles. The van der Waals surface area contributed by atoms with Crippen LogP contribution in [0.2, 0.25) is 0 Å². The van der Waals surface area contributed by atoms with E-state index in [4.69, 9.17) is 4.18 Å². The van der Waals surface area contributed by atoms with Crippen LogP contribution in [0.5, 0.6) is 0 Å². The molecule has 0 fully saturated rings. The van der Waals surface area contributed by atoms with Crippen molar-refractivity contribution in [2.45, 2.75) is 18.7 Å². The molecule has 0 spiro atoms. The van der Waals surface area contributed by atoms with E-state index >= 15 is 0 Å². The van der Waals surface area contributed by atoms with E-state index < -0.39 is 0 Å². The molecular weight excluding hydrogens is 276 g/mol. The van der Waals surface area contributed by atoms with Crippen LogP contribution in [0.3, 0.4) is 0 Å². The Morgan fingerprint density at radius 3 is 2.75 bits per heavy atom. The highest BCUT2D eigenvalue weighted by Crippen LogP contribution is 2.29. The van der Waals surface area contributed by atoms with Crippen molar-refractivity contribution in [3.05, 3.63) is 35.2 Å². The fraction of sp³-hybridized carbons (Fsp3) is 0.308. The zero-order chi connectivity index (χ0) is 14.7. The van der Waals surface area contributed by atoms with Gasteiger partial charge in [-0.15, -0.1) is 0 Å². The Hall–Kier alpha value is -1.86. The molecule has 0 saturated heterocycles. The van der Waals surface area contributed by atoms with Gasteiger partial charge in [0, 0.05) is 29.5 Å². The van der Waals surface area contributed by atoms with E-state index in [0.717, 1.165) is 16.0 Å². The van der Waals surface area contributed by atoms with Gasteiger partial charge in [0.1, 0.15) is 6.33 Å². The summed E-state index contributed by atoms with van der Waals surface area (Å²) < 4.78 is 6.61. The van der Waals surface area contributed by atoms with Crippen LogP contribution in [-0.2, 0) is 11.2 Å². The fourth-order valence-corrected chi connectivity index (χ4v) is 2.46. The maximum absolute atomic E-state index is 12.3. The number of hydrogen-bond acceptors (Lipinski definition) is 5. The Morgan fingerprint density at radius 2 is 2.15 bits per heavy atom. The summed E-state index contributed by atoms with van der Waals surface area (Å²) in [4.78, 5) is 17.2. The van der Waals surface area contributed by atoms with Crippen molar-refractivity contribution in [1.82, 2.24) is 14.8 Å². The summed E-state index contributed by atoms with van der Waals surface area (Å²) in [6.07, 6.45) is 1.39. The molecule has 7 heteroatoms. The summed E-state index contributed by atoms with van der Waals surface area (Å²) in [5.74, 6) is 0.201. The third-order valence-electron chi connectivity index (χ3n) is 2.95. The SMILES string of the molecule is COSc1c(C)ccc(C(=O)Nc2ncnn2C)c1C. The van der Waals surface area contributed by atoms with Gasteiger partial charge >= 0.3 is 0 Å². The molecule has 6 nitrogen and oxygen atoms in total. The lowest BCUT2D eigenvalue weighted by atomic mass is 10.1. The van der Waals surface area contributed by atoms with Crippen molar-refractivity contribution in [3.8, 4) is 0 Å². The number of carbonyl (C=O) groups is 1. The van der Waals surface area contributed by atoms with E-state index in [1.165, 1.54) is 23.1 Å². The molecule has 2 aromatic rings. The first kappa shape index (κ1) is 14.5. The van der Waals surface area contributed by atoms with Crippen LogP contribution in [0.15, 0.2) is 23.4 Å². The van der Waals surface area contributed by atoms with E-state index in [-0.39, 0.29) is 5.91 Å². The van der Waals surface area contributed by atoms with Crippen LogP contribution in [-0.4, -0.2) is 27.8 Å². The zero-order valence-electron chi connectivity index (χ0n) is 11.8. The van der Waals surface area contributed by atoms with Crippen LogP contribution >= 0.6 is 12.0 Å². The monoisotopic (exact) mass is 292 g/mol. The van der Waals surface area contributed by atoms with Gasteiger partial charge in [-0.05, 0) is 31.0 Å². The van der Waals surface area contributed by atoms with Crippen LogP contribution in [0.4, 0.5) is 5.95 Å². The summed E-state index contributed by atoms with van der Waals surface area (Å²) in [5.41, 5.74) is 2.55. The molecule has 106 valence electrons. The molecule has 0 radical (unpaired) electrons. The van der Waals surface area contributed by atoms with Gasteiger partial charge in [-0.2, -0.15) is 10.1 Å². The van der Waals surface area contributed by atoms with Crippen molar-refractivity contribution < 1.29 is 8.98 Å². The number of benzene rings is 1. The number of anilines is 1. The van der Waals surface area contributed by atoms with Crippen LogP contribution < -0.4 is 5.32 Å². The third-order valence-corrected chi connectivity index (χ3v) is 3.91. The second kappa shape index (κ2) is 6.06. The Morgan fingerprint density at radius 1 is 1.40 bits per heavy atom. The predicted octanol–water partition coefficient (Wildman–Crippen LogP) is 2.34. The van der Waals surface area contributed by atoms with Crippen molar-refractivity contribution >= 4 is 23.9 Å². The van der Waals surface area contributed by atoms with Crippen LogP contribution in [0.25, 0.3) is 0 Å². The minimum Gasteiger partial charge on any atom is -0.314 e.